The van der Waals surface area contributed by atoms with Gasteiger partial charge in [-0.25, -0.2) is 4.52 Å². The number of ether oxygens (including phenoxy) is 6. The number of nitrogens with one attached hydrogen (secondary N) is 1. The number of nitrogens with zero attached hydrogens (tertiary/aromatic N) is 4. The summed E-state index contributed by atoms with van der Waals surface area (Å²) in [5, 5.41) is 7.97. The maximum atomic E-state index is 13.3. The molecule has 6 rings (SSSR count). The van der Waals surface area contributed by atoms with Gasteiger partial charge in [-0.3, -0.25) is 4.79 Å². The van der Waals surface area contributed by atoms with Crippen molar-refractivity contribution >= 4 is 17.2 Å². The lowest BCUT2D eigenvalue weighted by molar-refractivity contribution is -0.138. The van der Waals surface area contributed by atoms with E-state index in [-0.39, 0.29) is 24.7 Å². The number of benzene rings is 1. The number of methoxy groups -OCH3 is 2. The van der Waals surface area contributed by atoms with E-state index in [1.54, 1.807) is 31.1 Å². The van der Waals surface area contributed by atoms with E-state index in [4.69, 9.17) is 33.4 Å². The number of rotatable bonds is 8. The standard InChI is InChI=1S/C27H33N5O7/c1-34-7-8-37-23-12-19-15-39-26-24(38-16-20-3-6-36-20)14-32-25(30-26)22(13-29-32)17-9-18(11-21(10-17)35-2)28-4-5-31(19)27(23)33/h9-11,13-14,19-20,23,28H,3-8,12,15-16H2,1-2H3/t19-,20?,23+/m0/s1. The van der Waals surface area contributed by atoms with Gasteiger partial charge in [0.05, 0.1) is 44.9 Å². The summed E-state index contributed by atoms with van der Waals surface area (Å²) in [5.74, 6) is 1.45. The minimum atomic E-state index is -0.545. The quantitative estimate of drug-likeness (QED) is 0.426. The van der Waals surface area contributed by atoms with E-state index in [0.717, 1.165) is 29.8 Å². The van der Waals surface area contributed by atoms with Crippen LogP contribution in [0.25, 0.3) is 16.8 Å². The Hall–Kier alpha value is -3.61. The van der Waals surface area contributed by atoms with E-state index in [0.29, 0.717) is 62.4 Å². The fourth-order valence-electron chi connectivity index (χ4n) is 5.06. The van der Waals surface area contributed by atoms with Crippen molar-refractivity contribution < 1.29 is 33.2 Å². The summed E-state index contributed by atoms with van der Waals surface area (Å²) in [6.45, 7) is 3.19. The van der Waals surface area contributed by atoms with Crippen LogP contribution in [0.4, 0.5) is 5.69 Å². The molecule has 3 aromatic rings. The minimum Gasteiger partial charge on any atom is -0.497 e. The molecule has 3 aliphatic heterocycles. The zero-order valence-electron chi connectivity index (χ0n) is 22.1. The number of anilines is 1. The van der Waals surface area contributed by atoms with Crippen LogP contribution in [0.1, 0.15) is 12.8 Å². The molecule has 1 N–H and O–H groups in total. The maximum Gasteiger partial charge on any atom is 0.260 e. The highest BCUT2D eigenvalue weighted by atomic mass is 16.6. The van der Waals surface area contributed by atoms with Crippen LogP contribution in [0.2, 0.25) is 0 Å². The Balaban J connectivity index is 1.36. The Morgan fingerprint density at radius 3 is 2.90 bits per heavy atom. The lowest BCUT2D eigenvalue weighted by Crippen LogP contribution is -2.41. The molecule has 2 aromatic heterocycles. The van der Waals surface area contributed by atoms with Crippen LogP contribution < -0.4 is 19.5 Å². The van der Waals surface area contributed by atoms with Gasteiger partial charge in [0.15, 0.2) is 11.4 Å². The van der Waals surface area contributed by atoms with Crippen molar-refractivity contribution in [3.8, 4) is 28.5 Å². The van der Waals surface area contributed by atoms with Gasteiger partial charge < -0.3 is 38.6 Å². The summed E-state index contributed by atoms with van der Waals surface area (Å²) in [7, 11) is 3.24. The normalized spacial score (nSPS) is 22.6. The molecule has 0 saturated carbocycles. The number of amides is 1. The smallest absolute Gasteiger partial charge is 0.260 e. The van der Waals surface area contributed by atoms with Crippen molar-refractivity contribution in [1.82, 2.24) is 19.5 Å². The summed E-state index contributed by atoms with van der Waals surface area (Å²) >= 11 is 0. The van der Waals surface area contributed by atoms with Gasteiger partial charge in [-0.1, -0.05) is 0 Å². The van der Waals surface area contributed by atoms with Crippen molar-refractivity contribution in [3.05, 3.63) is 30.6 Å². The van der Waals surface area contributed by atoms with Gasteiger partial charge in [-0.15, -0.1) is 0 Å². The van der Waals surface area contributed by atoms with Crippen molar-refractivity contribution in [2.75, 3.05) is 65.7 Å². The highest BCUT2D eigenvalue weighted by Crippen LogP contribution is 2.35. The van der Waals surface area contributed by atoms with Crippen LogP contribution in [0.3, 0.4) is 0 Å². The molecular weight excluding hydrogens is 506 g/mol. The molecule has 39 heavy (non-hydrogen) atoms. The highest BCUT2D eigenvalue weighted by molar-refractivity contribution is 5.84. The molecule has 12 nitrogen and oxygen atoms in total. The molecule has 1 amide bonds. The third-order valence-corrected chi connectivity index (χ3v) is 7.28. The van der Waals surface area contributed by atoms with Crippen LogP contribution in [0.15, 0.2) is 30.6 Å². The molecular formula is C27H33N5O7. The average molecular weight is 540 g/mol. The molecule has 208 valence electrons. The summed E-state index contributed by atoms with van der Waals surface area (Å²) in [6, 6.07) is 5.70. The highest BCUT2D eigenvalue weighted by Gasteiger charge is 2.40. The van der Waals surface area contributed by atoms with Gasteiger partial charge in [0.2, 0.25) is 0 Å². The van der Waals surface area contributed by atoms with Crippen molar-refractivity contribution in [2.24, 2.45) is 0 Å². The molecule has 0 spiro atoms. The SMILES string of the molecule is COCCO[C@@H]1C[C@H]2COc3nc4c(cnn4cc3OCC3CCO3)-c3cc(cc(OC)c3)NCCN2C1=O. The second-order valence-corrected chi connectivity index (χ2v) is 9.79. The second-order valence-electron chi connectivity index (χ2n) is 9.79. The third-order valence-electron chi connectivity index (χ3n) is 7.28. The second kappa shape index (κ2) is 11.2. The van der Waals surface area contributed by atoms with E-state index in [2.05, 4.69) is 10.4 Å². The first-order valence-electron chi connectivity index (χ1n) is 13.2. The summed E-state index contributed by atoms with van der Waals surface area (Å²) < 4.78 is 36.1. The molecule has 3 atom stereocenters. The Labute approximate surface area is 226 Å². The van der Waals surface area contributed by atoms with E-state index in [9.17, 15) is 4.79 Å². The van der Waals surface area contributed by atoms with Crippen LogP contribution in [-0.4, -0.2) is 104 Å². The summed E-state index contributed by atoms with van der Waals surface area (Å²) in [5.41, 5.74) is 3.21. The summed E-state index contributed by atoms with van der Waals surface area (Å²) in [4.78, 5) is 20.0. The van der Waals surface area contributed by atoms with Crippen LogP contribution in [0, 0.1) is 0 Å². The third kappa shape index (κ3) is 5.32. The molecule has 4 bridgehead atoms. The minimum absolute atomic E-state index is 0.0512. The van der Waals surface area contributed by atoms with Gasteiger partial charge in [0.25, 0.3) is 11.8 Å². The average Bonchev–Trinajstić information content (AvgIpc) is 3.46. The van der Waals surface area contributed by atoms with Crippen molar-refractivity contribution in [3.63, 3.8) is 0 Å². The number of hydrogen-bond acceptors (Lipinski definition) is 10. The number of aromatic nitrogens is 3. The van der Waals surface area contributed by atoms with Crippen LogP contribution in [0.5, 0.6) is 17.4 Å². The zero-order valence-corrected chi connectivity index (χ0v) is 22.1. The molecule has 3 aliphatic rings. The molecule has 2 fully saturated rings. The number of hydrogen-bond donors (Lipinski definition) is 1. The molecule has 2 saturated heterocycles. The first-order chi connectivity index (χ1) is 19.1. The van der Waals surface area contributed by atoms with Gasteiger partial charge in [0, 0.05) is 57.0 Å². The van der Waals surface area contributed by atoms with E-state index in [1.807, 2.05) is 23.1 Å². The molecule has 0 aliphatic carbocycles. The molecule has 1 aromatic carbocycles. The first-order valence-corrected chi connectivity index (χ1v) is 13.2. The molecule has 5 heterocycles. The number of fused-ring (bicyclic) bond motifs is 5. The van der Waals surface area contributed by atoms with Crippen molar-refractivity contribution in [2.45, 2.75) is 31.1 Å². The Kier molecular flexibility index (Phi) is 7.40. The van der Waals surface area contributed by atoms with Crippen LogP contribution in [-0.2, 0) is 19.0 Å². The zero-order chi connectivity index (χ0) is 26.8. The summed E-state index contributed by atoms with van der Waals surface area (Å²) in [6.07, 6.45) is 4.52. The van der Waals surface area contributed by atoms with Gasteiger partial charge in [0.1, 0.15) is 25.1 Å². The topological polar surface area (TPSA) is 118 Å². The largest absolute Gasteiger partial charge is 0.497 e. The van der Waals surface area contributed by atoms with Gasteiger partial charge >= 0.3 is 0 Å². The molecule has 1 unspecified atom stereocenters. The number of carbonyl (C=O) groups excluding carboxylic acids is 1. The van der Waals surface area contributed by atoms with Gasteiger partial charge in [-0.2, -0.15) is 10.1 Å². The van der Waals surface area contributed by atoms with E-state index < -0.39 is 6.10 Å². The van der Waals surface area contributed by atoms with Gasteiger partial charge in [-0.05, 0) is 17.7 Å². The van der Waals surface area contributed by atoms with Crippen molar-refractivity contribution in [1.29, 1.82) is 0 Å². The lowest BCUT2D eigenvalue weighted by atomic mass is 10.1. The maximum absolute atomic E-state index is 13.3. The Morgan fingerprint density at radius 1 is 1.21 bits per heavy atom. The molecule has 0 radical (unpaired) electrons. The molecule has 12 heteroatoms. The Bertz CT molecular complexity index is 1330. The Morgan fingerprint density at radius 2 is 2.10 bits per heavy atom. The predicted molar refractivity (Wildman–Crippen MR) is 141 cm³/mol. The fourth-order valence-corrected chi connectivity index (χ4v) is 5.06. The van der Waals surface area contributed by atoms with E-state index in [1.165, 1.54) is 0 Å². The fraction of sp³-hybridized carbons (Fsp3) is 0.519. The first kappa shape index (κ1) is 25.7. The monoisotopic (exact) mass is 539 g/mol. The van der Waals surface area contributed by atoms with Crippen LogP contribution >= 0.6 is 0 Å². The van der Waals surface area contributed by atoms with E-state index >= 15 is 0 Å². The lowest BCUT2D eigenvalue weighted by Gasteiger charge is -2.27. The predicted octanol–water partition coefficient (Wildman–Crippen LogP) is 2.01. The number of carbonyl (C=O) groups is 1.